The Balaban J connectivity index is 1.44. The van der Waals surface area contributed by atoms with Crippen molar-refractivity contribution in [2.24, 2.45) is 33.5 Å². The minimum Gasteiger partial charge on any atom is -0.294 e. The molecule has 1 aromatic rings. The smallest absolute Gasteiger partial charge is 0.265 e. The monoisotopic (exact) mass is 562 g/mol. The third kappa shape index (κ3) is 3.82. The molecule has 0 spiro atoms. The number of Topliss-reactive ketones (excluding diaryl/α,β-unsaturated/α-hetero) is 2. The molecule has 8 nitrogen and oxygen atoms in total. The van der Waals surface area contributed by atoms with Crippen molar-refractivity contribution < 1.29 is 35.5 Å². The van der Waals surface area contributed by atoms with Crippen LogP contribution in [0.1, 0.15) is 64.5 Å². The number of carbonyl (C=O) groups excluding carboxylic acids is 2. The number of hydrogen-bond acceptors (Lipinski definition) is 6. The van der Waals surface area contributed by atoms with Crippen molar-refractivity contribution in [3.05, 3.63) is 46.5 Å². The standard InChI is InChI=1S/C28H34O8S2/c1-25(2)21-9-11-27(25,15-37(31,32)33)23(29)19(21)13-17-5-7-18(8-6-17)14-20-22-10-12-28(24(20)30,26(22,3)4)16-38(34,35)36/h5-8,13-14,21-22H,9-12,15-16H2,1-4H3,(H,31,32,33)(H,34,35,36)/b19-13+,20-14+/t21-,22+,27+,28-. The average molecular weight is 563 g/mol. The Morgan fingerprint density at radius 1 is 0.711 bits per heavy atom. The summed E-state index contributed by atoms with van der Waals surface area (Å²) in [6.45, 7) is 7.58. The maximum Gasteiger partial charge on any atom is 0.265 e. The Labute approximate surface area is 224 Å². The van der Waals surface area contributed by atoms with Gasteiger partial charge in [0.15, 0.2) is 11.6 Å². The first-order valence-corrected chi connectivity index (χ1v) is 16.1. The van der Waals surface area contributed by atoms with E-state index in [1.54, 1.807) is 12.2 Å². The van der Waals surface area contributed by atoms with E-state index in [4.69, 9.17) is 0 Å². The number of hydrogen-bond donors (Lipinski definition) is 2. The summed E-state index contributed by atoms with van der Waals surface area (Å²) >= 11 is 0. The van der Waals surface area contributed by atoms with Crippen LogP contribution in [-0.2, 0) is 29.8 Å². The van der Waals surface area contributed by atoms with Gasteiger partial charge in [-0.15, -0.1) is 0 Å². The fourth-order valence-corrected chi connectivity index (χ4v) is 10.8. The van der Waals surface area contributed by atoms with Crippen LogP contribution in [0.5, 0.6) is 0 Å². The van der Waals surface area contributed by atoms with Gasteiger partial charge in [-0.2, -0.15) is 16.8 Å². The largest absolute Gasteiger partial charge is 0.294 e. The molecule has 0 unspecified atom stereocenters. The fourth-order valence-electron chi connectivity index (χ4n) is 8.23. The van der Waals surface area contributed by atoms with Gasteiger partial charge in [-0.25, -0.2) is 0 Å². The van der Waals surface area contributed by atoms with Crippen LogP contribution in [0.3, 0.4) is 0 Å². The van der Waals surface area contributed by atoms with Crippen molar-refractivity contribution in [3.8, 4) is 0 Å². The minimum atomic E-state index is -4.33. The lowest BCUT2D eigenvalue weighted by atomic mass is 9.70. The van der Waals surface area contributed by atoms with Gasteiger partial charge in [0.05, 0.1) is 22.3 Å². The molecule has 206 valence electrons. The predicted octanol–water partition coefficient (Wildman–Crippen LogP) is 4.24. The molecule has 2 N–H and O–H groups in total. The highest BCUT2D eigenvalue weighted by atomic mass is 32.2. The predicted molar refractivity (Wildman–Crippen MR) is 143 cm³/mol. The molecule has 4 aliphatic carbocycles. The van der Waals surface area contributed by atoms with Gasteiger partial charge < -0.3 is 0 Å². The van der Waals surface area contributed by atoms with Crippen molar-refractivity contribution in [2.75, 3.05) is 11.5 Å². The number of fused-ring (bicyclic) bond motifs is 4. The molecule has 4 saturated carbocycles. The third-order valence-corrected chi connectivity index (χ3v) is 12.2. The van der Waals surface area contributed by atoms with Crippen LogP contribution in [-0.4, -0.2) is 49.0 Å². The summed E-state index contributed by atoms with van der Waals surface area (Å²) in [5.74, 6) is -1.80. The van der Waals surface area contributed by atoms with Gasteiger partial charge in [-0.3, -0.25) is 18.7 Å². The Hall–Kier alpha value is -2.14. The molecule has 0 heterocycles. The van der Waals surface area contributed by atoms with E-state index in [0.29, 0.717) is 36.8 Å². The molecule has 0 radical (unpaired) electrons. The van der Waals surface area contributed by atoms with E-state index >= 15 is 0 Å². The zero-order chi connectivity index (χ0) is 28.1. The van der Waals surface area contributed by atoms with Crippen molar-refractivity contribution in [1.82, 2.24) is 0 Å². The van der Waals surface area contributed by atoms with Gasteiger partial charge >= 0.3 is 0 Å². The molecule has 4 aliphatic rings. The molecular formula is C28H34O8S2. The third-order valence-electron chi connectivity index (χ3n) is 10.5. The molecule has 0 amide bonds. The van der Waals surface area contributed by atoms with Crippen LogP contribution in [0.15, 0.2) is 35.4 Å². The Morgan fingerprint density at radius 2 is 1.03 bits per heavy atom. The zero-order valence-corrected chi connectivity index (χ0v) is 23.7. The maximum atomic E-state index is 13.4. The van der Waals surface area contributed by atoms with Crippen LogP contribution in [0.2, 0.25) is 0 Å². The molecule has 10 heteroatoms. The summed E-state index contributed by atoms with van der Waals surface area (Å²) in [5.41, 5.74) is -0.762. The summed E-state index contributed by atoms with van der Waals surface area (Å²) < 4.78 is 66.1. The van der Waals surface area contributed by atoms with Gasteiger partial charge in [0, 0.05) is 11.1 Å². The van der Waals surface area contributed by atoms with Crippen molar-refractivity contribution in [2.45, 2.75) is 53.4 Å². The number of rotatable bonds is 6. The van der Waals surface area contributed by atoms with E-state index in [2.05, 4.69) is 0 Å². The van der Waals surface area contributed by atoms with Crippen molar-refractivity contribution >= 4 is 44.0 Å². The van der Waals surface area contributed by atoms with Crippen molar-refractivity contribution in [3.63, 3.8) is 0 Å². The zero-order valence-electron chi connectivity index (χ0n) is 22.0. The van der Waals surface area contributed by atoms with Crippen LogP contribution >= 0.6 is 0 Å². The summed E-state index contributed by atoms with van der Waals surface area (Å²) in [4.78, 5) is 26.9. The first-order valence-electron chi connectivity index (χ1n) is 12.9. The first-order chi connectivity index (χ1) is 17.3. The van der Waals surface area contributed by atoms with Gasteiger partial charge in [0.25, 0.3) is 20.2 Å². The van der Waals surface area contributed by atoms with Crippen LogP contribution in [0, 0.1) is 33.5 Å². The second kappa shape index (κ2) is 8.19. The number of allylic oxidation sites excluding steroid dienone is 2. The van der Waals surface area contributed by atoms with E-state index in [0.717, 1.165) is 11.1 Å². The topological polar surface area (TPSA) is 143 Å². The van der Waals surface area contributed by atoms with Gasteiger partial charge in [0.1, 0.15) is 0 Å². The Bertz CT molecular complexity index is 1400. The molecule has 0 aliphatic heterocycles. The van der Waals surface area contributed by atoms with E-state index in [-0.39, 0.29) is 23.4 Å². The summed E-state index contributed by atoms with van der Waals surface area (Å²) in [6.07, 6.45) is 5.80. The van der Waals surface area contributed by atoms with Crippen LogP contribution < -0.4 is 0 Å². The van der Waals surface area contributed by atoms with Gasteiger partial charge in [-0.1, -0.05) is 52.0 Å². The first kappa shape index (κ1) is 27.4. The average Bonchev–Trinajstić information content (AvgIpc) is 3.27. The van der Waals surface area contributed by atoms with Crippen LogP contribution in [0.25, 0.3) is 12.2 Å². The van der Waals surface area contributed by atoms with Crippen LogP contribution in [0.4, 0.5) is 0 Å². The lowest BCUT2D eigenvalue weighted by Crippen LogP contribution is -2.42. The molecule has 0 aromatic heterocycles. The maximum absolute atomic E-state index is 13.4. The molecule has 4 fully saturated rings. The van der Waals surface area contributed by atoms with E-state index in [1.807, 2.05) is 52.0 Å². The summed E-state index contributed by atoms with van der Waals surface area (Å²) in [5, 5.41) is 0. The molecule has 4 atom stereocenters. The van der Waals surface area contributed by atoms with E-state index in [1.165, 1.54) is 0 Å². The van der Waals surface area contributed by atoms with E-state index < -0.39 is 53.4 Å². The fraction of sp³-hybridized carbons (Fsp3) is 0.571. The Kier molecular flexibility index (Phi) is 5.91. The summed E-state index contributed by atoms with van der Waals surface area (Å²) in [7, 11) is -8.66. The SMILES string of the molecule is CC1(C)[C@@H]2CC[C@]1(CS(=O)(=O)O)C(=O)/C2=C/c1ccc(/C=C2/C(=O)[C@]3(CS(=O)(=O)O)CC[C@@H]2C3(C)C)cc1. The minimum absolute atomic E-state index is 0.105. The molecule has 5 rings (SSSR count). The lowest BCUT2D eigenvalue weighted by molar-refractivity contribution is -0.125. The summed E-state index contributed by atoms with van der Waals surface area (Å²) in [6, 6.07) is 7.33. The highest BCUT2D eigenvalue weighted by molar-refractivity contribution is 7.86. The lowest BCUT2D eigenvalue weighted by Gasteiger charge is -2.34. The Morgan fingerprint density at radius 3 is 1.32 bits per heavy atom. The van der Waals surface area contributed by atoms with E-state index in [9.17, 15) is 35.5 Å². The molecule has 38 heavy (non-hydrogen) atoms. The second-order valence-electron chi connectivity index (χ2n) is 12.8. The normalized spacial score (nSPS) is 35.6. The highest BCUT2D eigenvalue weighted by Crippen LogP contribution is 2.67. The molecule has 1 aromatic carbocycles. The number of benzene rings is 1. The number of ketones is 2. The quantitative estimate of drug-likeness (QED) is 0.387. The molecular weight excluding hydrogens is 528 g/mol. The molecule has 0 saturated heterocycles. The second-order valence-corrected chi connectivity index (χ2v) is 15.7. The molecule has 4 bridgehead atoms. The van der Waals surface area contributed by atoms with Gasteiger partial charge in [-0.05, 0) is 71.6 Å². The van der Waals surface area contributed by atoms with Crippen molar-refractivity contribution in [1.29, 1.82) is 0 Å². The number of carbonyl (C=O) groups is 2. The highest BCUT2D eigenvalue weighted by Gasteiger charge is 2.68. The van der Waals surface area contributed by atoms with Gasteiger partial charge in [0.2, 0.25) is 0 Å².